The van der Waals surface area contributed by atoms with Crippen LogP contribution in [0.4, 0.5) is 0 Å². The van der Waals surface area contributed by atoms with E-state index in [0.717, 1.165) is 22.2 Å². The number of aryl methyl sites for hydroxylation is 1. The van der Waals surface area contributed by atoms with Crippen LogP contribution in [0.1, 0.15) is 16.1 Å². The third kappa shape index (κ3) is 2.13. The first kappa shape index (κ1) is 14.2. The molecule has 0 amide bonds. The Balaban J connectivity index is 2.45. The second-order valence-corrected chi connectivity index (χ2v) is 5.06. The number of carbonyl (C=O) groups excluding carboxylic acids is 1. The summed E-state index contributed by atoms with van der Waals surface area (Å²) in [5, 5.41) is 0.895. The summed E-state index contributed by atoms with van der Waals surface area (Å²) in [7, 11) is 2.94. The number of hydrogen-bond donors (Lipinski definition) is 0. The molecule has 4 heteroatoms. The van der Waals surface area contributed by atoms with Gasteiger partial charge in [-0.1, -0.05) is 29.8 Å². The largest absolute Gasteiger partial charge is 0.494 e. The van der Waals surface area contributed by atoms with E-state index in [1.807, 2.05) is 60.0 Å². The highest BCUT2D eigenvalue weighted by atomic mass is 16.5. The molecule has 0 radical (unpaired) electrons. The molecule has 0 spiro atoms. The van der Waals surface area contributed by atoms with E-state index in [1.54, 1.807) is 7.11 Å². The predicted octanol–water partition coefficient (Wildman–Crippen LogP) is 3.73. The van der Waals surface area contributed by atoms with Crippen molar-refractivity contribution in [3.63, 3.8) is 0 Å². The zero-order valence-corrected chi connectivity index (χ0v) is 12.8. The van der Waals surface area contributed by atoms with Gasteiger partial charge in [-0.05, 0) is 31.2 Å². The molecule has 3 rings (SSSR count). The number of esters is 1. The fraction of sp³-hybridized carbons (Fsp3) is 0.167. The minimum atomic E-state index is -0.422. The summed E-state index contributed by atoms with van der Waals surface area (Å²) in [6.45, 7) is 2.01. The Morgan fingerprint density at radius 2 is 1.77 bits per heavy atom. The smallest absolute Gasteiger partial charge is 0.358 e. The van der Waals surface area contributed by atoms with Crippen molar-refractivity contribution < 1.29 is 14.3 Å². The average Bonchev–Trinajstić information content (AvgIpc) is 2.88. The van der Waals surface area contributed by atoms with Crippen molar-refractivity contribution in [3.8, 4) is 11.4 Å². The van der Waals surface area contributed by atoms with Gasteiger partial charge in [0.25, 0.3) is 0 Å². The standard InChI is InChI=1S/C18H17NO3/c1-12-9-10-15-14(11-12)17(21-2)16(18(20)22-3)19(15)13-7-5-4-6-8-13/h4-11H,1-3H3. The Morgan fingerprint density at radius 1 is 1.05 bits per heavy atom. The highest BCUT2D eigenvalue weighted by molar-refractivity contribution is 6.03. The molecular formula is C18H17NO3. The van der Waals surface area contributed by atoms with Crippen molar-refractivity contribution in [2.24, 2.45) is 0 Å². The van der Waals surface area contributed by atoms with E-state index in [2.05, 4.69) is 0 Å². The summed E-state index contributed by atoms with van der Waals surface area (Å²) >= 11 is 0. The Morgan fingerprint density at radius 3 is 2.41 bits per heavy atom. The number of fused-ring (bicyclic) bond motifs is 1. The lowest BCUT2D eigenvalue weighted by Gasteiger charge is -2.10. The summed E-state index contributed by atoms with van der Waals surface area (Å²) in [5.41, 5.74) is 3.30. The molecule has 0 aliphatic carbocycles. The summed E-state index contributed by atoms with van der Waals surface area (Å²) in [5.74, 6) is 0.115. The van der Waals surface area contributed by atoms with E-state index < -0.39 is 5.97 Å². The molecule has 112 valence electrons. The minimum Gasteiger partial charge on any atom is -0.494 e. The second kappa shape index (κ2) is 5.56. The van der Waals surface area contributed by atoms with Gasteiger partial charge in [0.05, 0.1) is 19.7 Å². The van der Waals surface area contributed by atoms with Crippen LogP contribution >= 0.6 is 0 Å². The average molecular weight is 295 g/mol. The third-order valence-corrected chi connectivity index (χ3v) is 3.67. The van der Waals surface area contributed by atoms with Crippen molar-refractivity contribution in [3.05, 3.63) is 59.8 Å². The maximum atomic E-state index is 12.3. The molecule has 0 aliphatic heterocycles. The molecule has 1 heterocycles. The fourth-order valence-electron chi connectivity index (χ4n) is 2.71. The van der Waals surface area contributed by atoms with E-state index in [1.165, 1.54) is 7.11 Å². The van der Waals surface area contributed by atoms with Gasteiger partial charge in [0.15, 0.2) is 11.4 Å². The molecule has 4 nitrogen and oxygen atoms in total. The first-order valence-electron chi connectivity index (χ1n) is 7.00. The first-order valence-corrected chi connectivity index (χ1v) is 7.00. The van der Waals surface area contributed by atoms with Crippen LogP contribution in [-0.2, 0) is 4.74 Å². The van der Waals surface area contributed by atoms with Gasteiger partial charge in [-0.3, -0.25) is 0 Å². The van der Waals surface area contributed by atoms with Crippen LogP contribution in [0.15, 0.2) is 48.5 Å². The van der Waals surface area contributed by atoms with Gasteiger partial charge in [-0.15, -0.1) is 0 Å². The van der Waals surface area contributed by atoms with Gasteiger partial charge in [0.2, 0.25) is 0 Å². The number of aromatic nitrogens is 1. The highest BCUT2D eigenvalue weighted by Gasteiger charge is 2.25. The van der Waals surface area contributed by atoms with Gasteiger partial charge in [-0.25, -0.2) is 4.79 Å². The van der Waals surface area contributed by atoms with Gasteiger partial charge in [0, 0.05) is 11.1 Å². The highest BCUT2D eigenvalue weighted by Crippen LogP contribution is 2.36. The number of nitrogens with zero attached hydrogens (tertiary/aromatic N) is 1. The summed E-state index contributed by atoms with van der Waals surface area (Å²) in [4.78, 5) is 12.3. The monoisotopic (exact) mass is 295 g/mol. The first-order chi connectivity index (χ1) is 10.7. The van der Waals surface area contributed by atoms with Gasteiger partial charge < -0.3 is 14.0 Å². The van der Waals surface area contributed by atoms with Crippen molar-refractivity contribution >= 4 is 16.9 Å². The van der Waals surface area contributed by atoms with E-state index in [-0.39, 0.29) is 0 Å². The summed E-state index contributed by atoms with van der Waals surface area (Å²) in [6.07, 6.45) is 0. The van der Waals surface area contributed by atoms with Crippen LogP contribution in [0.25, 0.3) is 16.6 Å². The molecule has 1 aromatic heterocycles. The van der Waals surface area contributed by atoms with Gasteiger partial charge in [0.1, 0.15) is 0 Å². The molecule has 0 aliphatic rings. The Labute approximate surface area is 128 Å². The van der Waals surface area contributed by atoms with Crippen LogP contribution in [0.2, 0.25) is 0 Å². The normalized spacial score (nSPS) is 10.7. The number of carbonyl (C=O) groups is 1. The number of hydrogen-bond acceptors (Lipinski definition) is 3. The molecule has 2 aromatic carbocycles. The van der Waals surface area contributed by atoms with Crippen LogP contribution in [0.3, 0.4) is 0 Å². The molecule has 22 heavy (non-hydrogen) atoms. The second-order valence-electron chi connectivity index (χ2n) is 5.06. The fourth-order valence-corrected chi connectivity index (χ4v) is 2.71. The lowest BCUT2D eigenvalue weighted by Crippen LogP contribution is -2.10. The topological polar surface area (TPSA) is 40.5 Å². The Kier molecular flexibility index (Phi) is 3.59. The summed E-state index contributed by atoms with van der Waals surface area (Å²) in [6, 6.07) is 15.7. The molecule has 0 N–H and O–H groups in total. The number of methoxy groups -OCH3 is 2. The van der Waals surface area contributed by atoms with E-state index in [0.29, 0.717) is 11.4 Å². The lowest BCUT2D eigenvalue weighted by atomic mass is 10.1. The van der Waals surface area contributed by atoms with Crippen LogP contribution in [0, 0.1) is 6.92 Å². The maximum absolute atomic E-state index is 12.3. The number of para-hydroxylation sites is 1. The zero-order chi connectivity index (χ0) is 15.7. The lowest BCUT2D eigenvalue weighted by molar-refractivity contribution is 0.0588. The van der Waals surface area contributed by atoms with Crippen molar-refractivity contribution in [1.82, 2.24) is 4.57 Å². The molecule has 0 bridgehead atoms. The van der Waals surface area contributed by atoms with Gasteiger partial charge >= 0.3 is 5.97 Å². The minimum absolute atomic E-state index is 0.400. The molecule has 0 atom stereocenters. The number of benzene rings is 2. The quantitative estimate of drug-likeness (QED) is 0.691. The molecule has 0 unspecified atom stereocenters. The van der Waals surface area contributed by atoms with Crippen LogP contribution in [0.5, 0.6) is 5.75 Å². The van der Waals surface area contributed by atoms with E-state index in [4.69, 9.17) is 9.47 Å². The van der Waals surface area contributed by atoms with E-state index in [9.17, 15) is 4.79 Å². The SMILES string of the molecule is COC(=O)c1c(OC)c2cc(C)ccc2n1-c1ccccc1. The van der Waals surface area contributed by atoms with Crippen molar-refractivity contribution in [2.75, 3.05) is 14.2 Å². The molecule has 0 saturated heterocycles. The molecular weight excluding hydrogens is 278 g/mol. The van der Waals surface area contributed by atoms with Crippen LogP contribution in [-0.4, -0.2) is 24.8 Å². The molecule has 0 fully saturated rings. The predicted molar refractivity (Wildman–Crippen MR) is 85.9 cm³/mol. The van der Waals surface area contributed by atoms with Crippen molar-refractivity contribution in [1.29, 1.82) is 0 Å². The van der Waals surface area contributed by atoms with Gasteiger partial charge in [-0.2, -0.15) is 0 Å². The maximum Gasteiger partial charge on any atom is 0.358 e. The number of ether oxygens (including phenoxy) is 2. The summed E-state index contributed by atoms with van der Waals surface area (Å²) < 4.78 is 12.4. The third-order valence-electron chi connectivity index (χ3n) is 3.67. The van der Waals surface area contributed by atoms with Crippen LogP contribution < -0.4 is 4.74 Å². The Hall–Kier alpha value is -2.75. The molecule has 3 aromatic rings. The molecule has 0 saturated carbocycles. The number of rotatable bonds is 3. The van der Waals surface area contributed by atoms with E-state index >= 15 is 0 Å². The zero-order valence-electron chi connectivity index (χ0n) is 12.8. The Bertz CT molecular complexity index is 834. The van der Waals surface area contributed by atoms with Crippen molar-refractivity contribution in [2.45, 2.75) is 6.92 Å².